The van der Waals surface area contributed by atoms with Gasteiger partial charge in [-0.15, -0.1) is 0 Å². The summed E-state index contributed by atoms with van der Waals surface area (Å²) in [7, 11) is 0. The molecule has 0 aromatic carbocycles. The van der Waals surface area contributed by atoms with Gasteiger partial charge in [0.15, 0.2) is 6.10 Å². The number of carbonyl (C=O) groups excluding carboxylic acids is 3. The number of ether oxygens (including phenoxy) is 3. The van der Waals surface area contributed by atoms with E-state index in [0.29, 0.717) is 19.3 Å². The van der Waals surface area contributed by atoms with Crippen LogP contribution in [-0.2, 0) is 28.6 Å². The van der Waals surface area contributed by atoms with Crippen molar-refractivity contribution in [1.82, 2.24) is 0 Å². The van der Waals surface area contributed by atoms with Crippen molar-refractivity contribution in [1.29, 1.82) is 0 Å². The summed E-state index contributed by atoms with van der Waals surface area (Å²) in [5.41, 5.74) is 0. The second-order valence-corrected chi connectivity index (χ2v) is 23.4. The van der Waals surface area contributed by atoms with Crippen molar-refractivity contribution in [2.75, 3.05) is 13.2 Å². The summed E-state index contributed by atoms with van der Waals surface area (Å²) in [4.78, 5) is 38.0. The second kappa shape index (κ2) is 66.9. The number of hydrogen-bond donors (Lipinski definition) is 0. The van der Waals surface area contributed by atoms with Gasteiger partial charge in [-0.1, -0.05) is 345 Å². The monoisotopic (exact) mass is 1090 g/mol. The molecule has 0 radical (unpaired) electrons. The molecule has 0 aliphatic heterocycles. The fourth-order valence-electron chi connectivity index (χ4n) is 10.4. The van der Waals surface area contributed by atoms with Crippen LogP contribution in [0.2, 0.25) is 0 Å². The Balaban J connectivity index is 3.90. The number of carbonyl (C=O) groups is 3. The fraction of sp³-hybridized carbons (Fsp3) is 0.847. The van der Waals surface area contributed by atoms with Gasteiger partial charge in [0.25, 0.3) is 0 Å². The van der Waals surface area contributed by atoms with Gasteiger partial charge in [-0.3, -0.25) is 14.4 Å². The Labute approximate surface area is 486 Å². The summed E-state index contributed by atoms with van der Waals surface area (Å²) in [5.74, 6) is -0.855. The van der Waals surface area contributed by atoms with E-state index in [1.165, 1.54) is 244 Å². The van der Waals surface area contributed by atoms with Crippen LogP contribution in [0.3, 0.4) is 0 Å². The molecule has 0 aromatic heterocycles. The van der Waals surface area contributed by atoms with Gasteiger partial charge < -0.3 is 14.2 Å². The molecular formula is C72H132O6. The van der Waals surface area contributed by atoms with E-state index in [1.54, 1.807) is 0 Å². The van der Waals surface area contributed by atoms with E-state index in [2.05, 4.69) is 69.4 Å². The molecule has 0 rings (SSSR count). The van der Waals surface area contributed by atoms with Crippen LogP contribution in [0.4, 0.5) is 0 Å². The molecule has 0 saturated heterocycles. The molecule has 0 aromatic rings. The van der Waals surface area contributed by atoms with Crippen LogP contribution in [0.5, 0.6) is 0 Å². The summed E-state index contributed by atoms with van der Waals surface area (Å²) in [6.07, 6.45) is 84.9. The van der Waals surface area contributed by atoms with Crippen molar-refractivity contribution in [3.8, 4) is 0 Å². The third-order valence-electron chi connectivity index (χ3n) is 15.6. The molecule has 6 heteroatoms. The molecule has 6 nitrogen and oxygen atoms in total. The van der Waals surface area contributed by atoms with E-state index in [9.17, 15) is 14.4 Å². The van der Waals surface area contributed by atoms with Gasteiger partial charge in [0.2, 0.25) is 0 Å². The molecule has 78 heavy (non-hydrogen) atoms. The van der Waals surface area contributed by atoms with E-state index in [0.717, 1.165) is 89.9 Å². The molecule has 0 N–H and O–H groups in total. The van der Waals surface area contributed by atoms with Crippen LogP contribution in [0, 0.1) is 0 Å². The Morgan fingerprint density at radius 3 is 0.782 bits per heavy atom. The van der Waals surface area contributed by atoms with E-state index >= 15 is 0 Å². The van der Waals surface area contributed by atoms with Crippen LogP contribution in [0.25, 0.3) is 0 Å². The number of allylic oxidation sites excluding steroid dienone is 8. The van der Waals surface area contributed by atoms with Crippen LogP contribution in [-0.4, -0.2) is 37.2 Å². The number of hydrogen-bond acceptors (Lipinski definition) is 6. The molecule has 0 heterocycles. The Morgan fingerprint density at radius 2 is 0.500 bits per heavy atom. The highest BCUT2D eigenvalue weighted by atomic mass is 16.6. The quantitative estimate of drug-likeness (QED) is 0.0261. The van der Waals surface area contributed by atoms with Crippen LogP contribution < -0.4 is 0 Å². The molecule has 0 bridgehead atoms. The highest BCUT2D eigenvalue weighted by Gasteiger charge is 2.19. The third-order valence-corrected chi connectivity index (χ3v) is 15.6. The van der Waals surface area contributed by atoms with Gasteiger partial charge in [0.05, 0.1) is 0 Å². The molecule has 1 atom stereocenters. The number of esters is 3. The van der Waals surface area contributed by atoms with Gasteiger partial charge in [0, 0.05) is 19.3 Å². The summed E-state index contributed by atoms with van der Waals surface area (Å²) < 4.78 is 16.8. The lowest BCUT2D eigenvalue weighted by atomic mass is 10.0. The van der Waals surface area contributed by atoms with E-state index in [4.69, 9.17) is 14.2 Å². The predicted octanol–water partition coefficient (Wildman–Crippen LogP) is 23.7. The zero-order chi connectivity index (χ0) is 56.4. The van der Waals surface area contributed by atoms with E-state index < -0.39 is 6.10 Å². The maximum atomic E-state index is 12.8. The zero-order valence-electron chi connectivity index (χ0n) is 52.5. The van der Waals surface area contributed by atoms with Gasteiger partial charge in [-0.05, 0) is 57.8 Å². The predicted molar refractivity (Wildman–Crippen MR) is 339 cm³/mol. The maximum Gasteiger partial charge on any atom is 0.306 e. The van der Waals surface area contributed by atoms with Crippen molar-refractivity contribution < 1.29 is 28.6 Å². The molecule has 0 spiro atoms. The third kappa shape index (κ3) is 64.2. The topological polar surface area (TPSA) is 78.9 Å². The fourth-order valence-corrected chi connectivity index (χ4v) is 10.4. The van der Waals surface area contributed by atoms with Crippen molar-refractivity contribution in [3.05, 3.63) is 48.6 Å². The normalized spacial score (nSPS) is 12.3. The smallest absolute Gasteiger partial charge is 0.306 e. The van der Waals surface area contributed by atoms with Gasteiger partial charge in [-0.2, -0.15) is 0 Å². The molecular weight excluding hydrogens is 961 g/mol. The van der Waals surface area contributed by atoms with Crippen LogP contribution in [0.15, 0.2) is 48.6 Å². The average Bonchev–Trinajstić information content (AvgIpc) is 3.44. The minimum absolute atomic E-state index is 0.0665. The van der Waals surface area contributed by atoms with Crippen molar-refractivity contribution in [2.24, 2.45) is 0 Å². The van der Waals surface area contributed by atoms with E-state index in [1.807, 2.05) is 0 Å². The molecule has 0 amide bonds. The SMILES string of the molecule is CC/C=C\C/C=C\C/C=C\C/C=C\CCCCCCCCCCCCCCCCCCCCCCC(=O)OCC(COC(=O)CCCCCCC)OC(=O)CCCCCCCCCCCCCCCCCCCCCCCC. The summed E-state index contributed by atoms with van der Waals surface area (Å²) in [5, 5.41) is 0. The van der Waals surface area contributed by atoms with Crippen molar-refractivity contribution in [2.45, 2.75) is 380 Å². The van der Waals surface area contributed by atoms with Gasteiger partial charge in [0.1, 0.15) is 13.2 Å². The first-order chi connectivity index (χ1) is 38.5. The first-order valence-corrected chi connectivity index (χ1v) is 34.6. The first kappa shape index (κ1) is 75.4. The highest BCUT2D eigenvalue weighted by molar-refractivity contribution is 5.71. The van der Waals surface area contributed by atoms with Gasteiger partial charge in [-0.25, -0.2) is 0 Å². The summed E-state index contributed by atoms with van der Waals surface area (Å²) in [6.45, 7) is 6.51. The van der Waals surface area contributed by atoms with Gasteiger partial charge >= 0.3 is 17.9 Å². The maximum absolute atomic E-state index is 12.8. The zero-order valence-corrected chi connectivity index (χ0v) is 52.5. The first-order valence-electron chi connectivity index (χ1n) is 34.6. The minimum Gasteiger partial charge on any atom is -0.462 e. The molecule has 0 fully saturated rings. The largest absolute Gasteiger partial charge is 0.462 e. The number of rotatable bonds is 64. The molecule has 0 aliphatic carbocycles. The molecule has 0 aliphatic rings. The Morgan fingerprint density at radius 1 is 0.269 bits per heavy atom. The lowest BCUT2D eigenvalue weighted by Crippen LogP contribution is -2.30. The summed E-state index contributed by atoms with van der Waals surface area (Å²) in [6, 6.07) is 0. The lowest BCUT2D eigenvalue weighted by molar-refractivity contribution is -0.167. The molecule has 1 unspecified atom stereocenters. The molecule has 0 saturated carbocycles. The Kier molecular flexibility index (Phi) is 64.6. The Hall–Kier alpha value is -2.63. The molecule has 456 valence electrons. The van der Waals surface area contributed by atoms with E-state index in [-0.39, 0.29) is 31.1 Å². The Bertz CT molecular complexity index is 1350. The standard InChI is InChI=1S/C72H132O6/c1-4-7-10-13-15-17-19-21-23-25-27-29-31-32-33-34-35-36-37-38-39-40-41-43-44-46-48-50-52-54-56-59-62-65-71(74)77-68-69(67-76-70(73)64-61-58-12-9-6-3)78-72(75)66-63-60-57-55-53-51-49-47-45-42-30-28-26-24-22-20-18-16-14-11-8-5-2/h7,10,15,17,21,23,27,29,69H,4-6,8-9,11-14,16,18-20,22,24-26,28,30-68H2,1-3H3/b10-7-,17-15-,23-21-,29-27-. The highest BCUT2D eigenvalue weighted by Crippen LogP contribution is 2.19. The van der Waals surface area contributed by atoms with Crippen LogP contribution in [0.1, 0.15) is 374 Å². The van der Waals surface area contributed by atoms with Crippen molar-refractivity contribution in [3.63, 3.8) is 0 Å². The lowest BCUT2D eigenvalue weighted by Gasteiger charge is -2.18. The van der Waals surface area contributed by atoms with Crippen LogP contribution >= 0.6 is 0 Å². The second-order valence-electron chi connectivity index (χ2n) is 23.4. The average molecular weight is 1090 g/mol. The number of unbranched alkanes of at least 4 members (excludes halogenated alkanes) is 45. The van der Waals surface area contributed by atoms with Crippen molar-refractivity contribution >= 4 is 17.9 Å². The minimum atomic E-state index is -0.765. The summed E-state index contributed by atoms with van der Waals surface area (Å²) >= 11 is 0.